The van der Waals surface area contributed by atoms with Gasteiger partial charge in [0.2, 0.25) is 0 Å². The van der Waals surface area contributed by atoms with Crippen molar-refractivity contribution in [3.8, 4) is 0 Å². The van der Waals surface area contributed by atoms with Gasteiger partial charge in [-0.05, 0) is 38.3 Å². The van der Waals surface area contributed by atoms with E-state index in [0.717, 1.165) is 12.1 Å². The van der Waals surface area contributed by atoms with Crippen LogP contribution in [0.4, 0.5) is 0 Å². The van der Waals surface area contributed by atoms with E-state index in [0.29, 0.717) is 13.1 Å². The highest BCUT2D eigenvalue weighted by Gasteiger charge is 2.34. The van der Waals surface area contributed by atoms with Crippen LogP contribution in [0.1, 0.15) is 0 Å². The van der Waals surface area contributed by atoms with Crippen LogP contribution in [-0.4, -0.2) is 41.8 Å². The smallest absolute Gasteiger partial charge is 0.175 e. The van der Waals surface area contributed by atoms with E-state index in [1.807, 2.05) is 0 Å². The Labute approximate surface area is 108 Å². The summed E-state index contributed by atoms with van der Waals surface area (Å²) in [5, 5.41) is 0. The van der Waals surface area contributed by atoms with Crippen LogP contribution in [0.15, 0.2) is 0 Å². The van der Waals surface area contributed by atoms with Crippen molar-refractivity contribution >= 4 is 16.6 Å². The van der Waals surface area contributed by atoms with Gasteiger partial charge in [-0.15, -0.1) is 0 Å². The van der Waals surface area contributed by atoms with Gasteiger partial charge in [0, 0.05) is 25.2 Å². The van der Waals surface area contributed by atoms with Gasteiger partial charge in [0.1, 0.15) is 0 Å². The molecule has 0 aromatic rings. The van der Waals surface area contributed by atoms with Crippen LogP contribution in [0.5, 0.6) is 0 Å². The fraction of sp³-hybridized carbons (Fsp3) is 1.00. The molecule has 0 rings (SSSR count). The molecule has 0 saturated carbocycles. The molecule has 2 unspecified atom stereocenters. The van der Waals surface area contributed by atoms with E-state index in [-0.39, 0.29) is 12.1 Å². The highest BCUT2D eigenvalue weighted by atomic mass is 28.4. The van der Waals surface area contributed by atoms with E-state index in [9.17, 15) is 0 Å². The molecule has 0 amide bonds. The van der Waals surface area contributed by atoms with Crippen molar-refractivity contribution in [2.24, 2.45) is 22.9 Å². The molecule has 5 nitrogen and oxygen atoms in total. The zero-order valence-electron chi connectivity index (χ0n) is 11.7. The average molecular weight is 279 g/mol. The summed E-state index contributed by atoms with van der Waals surface area (Å²) < 4.78 is 6.38. The summed E-state index contributed by atoms with van der Waals surface area (Å²) in [6.07, 6.45) is 0. The molecular formula is C10H30N4OSi2. The maximum atomic E-state index is 6.38. The van der Waals surface area contributed by atoms with Gasteiger partial charge in [0.05, 0.1) is 0 Å². The minimum absolute atomic E-state index is 0.0460. The molecule has 7 heteroatoms. The van der Waals surface area contributed by atoms with E-state index in [1.165, 1.54) is 0 Å². The van der Waals surface area contributed by atoms with Gasteiger partial charge in [-0.1, -0.05) is 0 Å². The lowest BCUT2D eigenvalue weighted by atomic mass is 10.4. The SMILES string of the molecule is C[Si](C)(CC(N)CN)O[Si](C)(C)CC(N)CN. The van der Waals surface area contributed by atoms with Gasteiger partial charge in [-0.25, -0.2) is 0 Å². The molecule has 8 N–H and O–H groups in total. The molecule has 0 fully saturated rings. The van der Waals surface area contributed by atoms with Gasteiger partial charge in [0.15, 0.2) is 16.6 Å². The van der Waals surface area contributed by atoms with Crippen LogP contribution >= 0.6 is 0 Å². The van der Waals surface area contributed by atoms with Crippen molar-refractivity contribution in [1.29, 1.82) is 0 Å². The van der Waals surface area contributed by atoms with Crippen molar-refractivity contribution in [3.05, 3.63) is 0 Å². The normalized spacial score (nSPS) is 16.9. The van der Waals surface area contributed by atoms with Crippen LogP contribution < -0.4 is 22.9 Å². The van der Waals surface area contributed by atoms with Gasteiger partial charge in [-0.2, -0.15) is 0 Å². The first-order chi connectivity index (χ1) is 7.62. The summed E-state index contributed by atoms with van der Waals surface area (Å²) in [6.45, 7) is 9.83. The number of rotatable bonds is 8. The Hall–Kier alpha value is 0.234. The van der Waals surface area contributed by atoms with Crippen molar-refractivity contribution in [2.45, 2.75) is 50.4 Å². The molecule has 0 aliphatic rings. The zero-order chi connectivity index (χ0) is 13.7. The van der Waals surface area contributed by atoms with Crippen LogP contribution in [-0.2, 0) is 4.12 Å². The zero-order valence-corrected chi connectivity index (χ0v) is 13.7. The number of nitrogens with two attached hydrogens (primary N) is 4. The molecule has 0 aromatic carbocycles. The van der Waals surface area contributed by atoms with Gasteiger partial charge >= 0.3 is 0 Å². The minimum Gasteiger partial charge on any atom is -0.455 e. The Morgan fingerprint density at radius 3 is 1.35 bits per heavy atom. The van der Waals surface area contributed by atoms with E-state index >= 15 is 0 Å². The predicted octanol–water partition coefficient (Wildman–Crippen LogP) is -0.0148. The summed E-state index contributed by atoms with van der Waals surface area (Å²) in [6, 6.07) is 1.89. The Morgan fingerprint density at radius 2 is 1.12 bits per heavy atom. The Kier molecular flexibility index (Phi) is 7.07. The van der Waals surface area contributed by atoms with E-state index in [1.54, 1.807) is 0 Å². The van der Waals surface area contributed by atoms with Crippen LogP contribution in [0.3, 0.4) is 0 Å². The third kappa shape index (κ3) is 8.03. The van der Waals surface area contributed by atoms with E-state index < -0.39 is 16.6 Å². The quantitative estimate of drug-likeness (QED) is 0.466. The predicted molar refractivity (Wildman–Crippen MR) is 79.7 cm³/mol. The summed E-state index contributed by atoms with van der Waals surface area (Å²) in [5.74, 6) is 0. The lowest BCUT2D eigenvalue weighted by Crippen LogP contribution is -2.51. The van der Waals surface area contributed by atoms with Crippen LogP contribution in [0.25, 0.3) is 0 Å². The number of hydrogen-bond donors (Lipinski definition) is 4. The Morgan fingerprint density at radius 1 is 0.824 bits per heavy atom. The van der Waals surface area contributed by atoms with Crippen molar-refractivity contribution in [2.75, 3.05) is 13.1 Å². The second kappa shape index (κ2) is 6.98. The molecule has 0 aliphatic heterocycles. The first kappa shape index (κ1) is 17.2. The maximum absolute atomic E-state index is 6.38. The lowest BCUT2D eigenvalue weighted by Gasteiger charge is -2.36. The molecule has 2 atom stereocenters. The number of hydrogen-bond acceptors (Lipinski definition) is 5. The topological polar surface area (TPSA) is 113 Å². The fourth-order valence-electron chi connectivity index (χ4n) is 2.26. The molecule has 17 heavy (non-hydrogen) atoms. The molecule has 0 spiro atoms. The first-order valence-corrected chi connectivity index (χ1v) is 12.5. The van der Waals surface area contributed by atoms with E-state index in [2.05, 4.69) is 26.2 Å². The molecule has 0 saturated heterocycles. The molecule has 0 radical (unpaired) electrons. The van der Waals surface area contributed by atoms with Crippen molar-refractivity contribution in [1.82, 2.24) is 0 Å². The van der Waals surface area contributed by atoms with Crippen LogP contribution in [0, 0.1) is 0 Å². The second-order valence-corrected chi connectivity index (χ2v) is 14.7. The summed E-state index contributed by atoms with van der Waals surface area (Å²) in [5.41, 5.74) is 22.9. The largest absolute Gasteiger partial charge is 0.455 e. The molecule has 0 aromatic heterocycles. The molecule has 104 valence electrons. The van der Waals surface area contributed by atoms with Crippen molar-refractivity contribution < 1.29 is 4.12 Å². The second-order valence-electron chi connectivity index (χ2n) is 6.02. The summed E-state index contributed by atoms with van der Waals surface area (Å²) in [7, 11) is -3.48. The molecule has 0 heterocycles. The molecule has 0 aliphatic carbocycles. The fourth-order valence-corrected chi connectivity index (χ4v) is 11.8. The third-order valence-electron chi connectivity index (χ3n) is 2.67. The average Bonchev–Trinajstić information content (AvgIpc) is 2.13. The highest BCUT2D eigenvalue weighted by molar-refractivity contribution is 6.85. The minimum atomic E-state index is -1.74. The highest BCUT2D eigenvalue weighted by Crippen LogP contribution is 2.22. The van der Waals surface area contributed by atoms with Gasteiger partial charge in [-0.3, -0.25) is 0 Å². The van der Waals surface area contributed by atoms with Gasteiger partial charge in [0.25, 0.3) is 0 Å². The maximum Gasteiger partial charge on any atom is 0.175 e. The lowest BCUT2D eigenvalue weighted by molar-refractivity contribution is 0.516. The van der Waals surface area contributed by atoms with Crippen LogP contribution in [0.2, 0.25) is 38.3 Å². The summed E-state index contributed by atoms with van der Waals surface area (Å²) >= 11 is 0. The molecular weight excluding hydrogens is 248 g/mol. The first-order valence-electron chi connectivity index (χ1n) is 6.23. The summed E-state index contributed by atoms with van der Waals surface area (Å²) in [4.78, 5) is 0. The molecule has 0 bridgehead atoms. The standard InChI is InChI=1S/C10H30N4OSi2/c1-16(2,7-9(13)5-11)15-17(3,4)8-10(14)6-12/h9-10H,5-8,11-14H2,1-4H3. The Bertz CT molecular complexity index is 204. The monoisotopic (exact) mass is 278 g/mol. The Balaban J connectivity index is 4.36. The van der Waals surface area contributed by atoms with E-state index in [4.69, 9.17) is 27.0 Å². The van der Waals surface area contributed by atoms with Crippen molar-refractivity contribution in [3.63, 3.8) is 0 Å². The third-order valence-corrected chi connectivity index (χ3v) is 10.1. The van der Waals surface area contributed by atoms with Gasteiger partial charge < -0.3 is 27.0 Å².